The van der Waals surface area contributed by atoms with Crippen molar-refractivity contribution in [3.05, 3.63) is 0 Å². The second kappa shape index (κ2) is 7.89. The molecule has 0 fully saturated rings. The summed E-state index contributed by atoms with van der Waals surface area (Å²) in [6.07, 6.45) is -3.61. The first-order chi connectivity index (χ1) is 7.35. The van der Waals surface area contributed by atoms with Crippen LogP contribution in [0, 0.1) is 0 Å². The van der Waals surface area contributed by atoms with E-state index in [1.54, 1.807) is 0 Å². The van der Waals surface area contributed by atoms with Crippen molar-refractivity contribution in [1.82, 2.24) is 5.32 Å². The Labute approximate surface area is 101 Å². The molecule has 0 spiro atoms. The van der Waals surface area contributed by atoms with Crippen LogP contribution in [-0.4, -0.2) is 36.7 Å². The van der Waals surface area contributed by atoms with E-state index >= 15 is 0 Å². The third kappa shape index (κ3) is 10.2. The van der Waals surface area contributed by atoms with E-state index in [1.807, 2.05) is 6.92 Å². The molecule has 0 bridgehead atoms. The van der Waals surface area contributed by atoms with Gasteiger partial charge in [0.1, 0.15) is 6.61 Å². The van der Waals surface area contributed by atoms with Gasteiger partial charge < -0.3 is 10.1 Å². The van der Waals surface area contributed by atoms with Crippen LogP contribution in [0.25, 0.3) is 0 Å². The predicted octanol–water partition coefficient (Wildman–Crippen LogP) is 2.25. The number of nitrogens with one attached hydrogen (secondary N) is 1. The second-order valence-corrected chi connectivity index (χ2v) is 4.16. The Morgan fingerprint density at radius 1 is 1.50 bits per heavy atom. The number of carbonyl (C=O) groups excluding carboxylic acids is 1. The zero-order valence-electron chi connectivity index (χ0n) is 8.94. The lowest BCUT2D eigenvalue weighted by molar-refractivity contribution is -0.174. The van der Waals surface area contributed by atoms with Gasteiger partial charge >= 0.3 is 6.18 Å². The first-order valence-electron chi connectivity index (χ1n) is 4.85. The first kappa shape index (κ1) is 15.7. The molecule has 96 valence electrons. The van der Waals surface area contributed by atoms with Gasteiger partial charge in [-0.1, -0.05) is 15.9 Å². The van der Waals surface area contributed by atoms with Crippen LogP contribution in [0.15, 0.2) is 0 Å². The number of amides is 1. The van der Waals surface area contributed by atoms with Crippen LogP contribution in [-0.2, 0) is 9.53 Å². The lowest BCUT2D eigenvalue weighted by Gasteiger charge is -2.12. The summed E-state index contributed by atoms with van der Waals surface area (Å²) in [7, 11) is 0. The topological polar surface area (TPSA) is 38.3 Å². The smallest absolute Gasteiger partial charge is 0.372 e. The quantitative estimate of drug-likeness (QED) is 0.579. The van der Waals surface area contributed by atoms with Gasteiger partial charge in [-0.05, 0) is 13.3 Å². The zero-order chi connectivity index (χ0) is 12.6. The molecule has 0 saturated carbocycles. The van der Waals surface area contributed by atoms with Crippen molar-refractivity contribution in [2.75, 3.05) is 18.5 Å². The van der Waals surface area contributed by atoms with E-state index in [0.29, 0.717) is 0 Å². The third-order valence-electron chi connectivity index (χ3n) is 1.69. The van der Waals surface area contributed by atoms with Crippen LogP contribution >= 0.6 is 15.9 Å². The number of halogens is 4. The van der Waals surface area contributed by atoms with Gasteiger partial charge in [-0.25, -0.2) is 0 Å². The Balaban J connectivity index is 3.51. The fraction of sp³-hybridized carbons (Fsp3) is 0.889. The maximum atomic E-state index is 11.7. The molecule has 16 heavy (non-hydrogen) atoms. The third-order valence-corrected chi connectivity index (χ3v) is 2.15. The normalized spacial score (nSPS) is 13.6. The van der Waals surface area contributed by atoms with E-state index in [4.69, 9.17) is 0 Å². The minimum atomic E-state index is -4.33. The Morgan fingerprint density at radius 2 is 2.12 bits per heavy atom. The molecular weight excluding hydrogens is 291 g/mol. The number of alkyl halides is 4. The maximum absolute atomic E-state index is 11.7. The second-order valence-electron chi connectivity index (χ2n) is 3.36. The minimum absolute atomic E-state index is 0.00879. The van der Waals surface area contributed by atoms with E-state index < -0.39 is 12.8 Å². The molecule has 0 rings (SSSR count). The summed E-state index contributed by atoms with van der Waals surface area (Å²) in [6, 6.07) is 0.00879. The molecule has 1 N–H and O–H groups in total. The average molecular weight is 306 g/mol. The predicted molar refractivity (Wildman–Crippen MR) is 57.5 cm³/mol. The monoisotopic (exact) mass is 305 g/mol. The molecule has 0 saturated heterocycles. The number of hydrogen-bond donors (Lipinski definition) is 1. The minimum Gasteiger partial charge on any atom is -0.372 e. The summed E-state index contributed by atoms with van der Waals surface area (Å²) in [4.78, 5) is 11.2. The van der Waals surface area contributed by atoms with E-state index in [0.717, 1.165) is 11.8 Å². The van der Waals surface area contributed by atoms with Crippen molar-refractivity contribution in [1.29, 1.82) is 0 Å². The van der Waals surface area contributed by atoms with Crippen molar-refractivity contribution in [3.63, 3.8) is 0 Å². The molecule has 0 aliphatic rings. The van der Waals surface area contributed by atoms with Gasteiger partial charge in [0.25, 0.3) is 0 Å². The van der Waals surface area contributed by atoms with Crippen molar-refractivity contribution in [2.45, 2.75) is 32.0 Å². The van der Waals surface area contributed by atoms with Crippen LogP contribution < -0.4 is 5.32 Å². The first-order valence-corrected chi connectivity index (χ1v) is 5.97. The molecule has 1 unspecified atom stereocenters. The summed E-state index contributed by atoms with van der Waals surface area (Å²) in [6.45, 7) is 0.305. The van der Waals surface area contributed by atoms with Gasteiger partial charge in [0, 0.05) is 17.8 Å². The molecule has 0 radical (unpaired) electrons. The van der Waals surface area contributed by atoms with Crippen LogP contribution in [0.4, 0.5) is 13.2 Å². The van der Waals surface area contributed by atoms with E-state index in [2.05, 4.69) is 26.0 Å². The van der Waals surface area contributed by atoms with Crippen molar-refractivity contribution in [3.8, 4) is 0 Å². The van der Waals surface area contributed by atoms with Crippen LogP contribution in [0.1, 0.15) is 19.8 Å². The highest BCUT2D eigenvalue weighted by Crippen LogP contribution is 2.14. The molecule has 7 heteroatoms. The fourth-order valence-electron chi connectivity index (χ4n) is 0.936. The van der Waals surface area contributed by atoms with Crippen LogP contribution in [0.3, 0.4) is 0 Å². The van der Waals surface area contributed by atoms with E-state index in [-0.39, 0.29) is 25.0 Å². The summed E-state index contributed by atoms with van der Waals surface area (Å²) in [5.41, 5.74) is 0. The van der Waals surface area contributed by atoms with Gasteiger partial charge in [-0.3, -0.25) is 4.79 Å². The summed E-state index contributed by atoms with van der Waals surface area (Å²) < 4.78 is 39.3. The summed E-state index contributed by atoms with van der Waals surface area (Å²) in [5.74, 6) is -0.296. The SMILES string of the molecule is CC(CCBr)NC(=O)CCOCC(F)(F)F. The van der Waals surface area contributed by atoms with Crippen LogP contribution in [0.5, 0.6) is 0 Å². The molecule has 0 aliphatic heterocycles. The van der Waals surface area contributed by atoms with Gasteiger partial charge in [-0.15, -0.1) is 0 Å². The zero-order valence-corrected chi connectivity index (χ0v) is 10.5. The van der Waals surface area contributed by atoms with Gasteiger partial charge in [-0.2, -0.15) is 13.2 Å². The molecule has 0 aromatic rings. The summed E-state index contributed by atoms with van der Waals surface area (Å²) in [5, 5.41) is 3.41. The largest absolute Gasteiger partial charge is 0.411 e. The van der Waals surface area contributed by atoms with Crippen molar-refractivity contribution < 1.29 is 22.7 Å². The molecule has 0 aliphatic carbocycles. The highest BCUT2D eigenvalue weighted by Gasteiger charge is 2.27. The number of ether oxygens (including phenoxy) is 1. The van der Waals surface area contributed by atoms with E-state index in [1.165, 1.54) is 0 Å². The molecule has 0 heterocycles. The van der Waals surface area contributed by atoms with Gasteiger partial charge in [0.05, 0.1) is 6.61 Å². The molecule has 3 nitrogen and oxygen atoms in total. The van der Waals surface area contributed by atoms with Gasteiger partial charge in [0.2, 0.25) is 5.91 Å². The Morgan fingerprint density at radius 3 is 2.62 bits per heavy atom. The number of rotatable bonds is 7. The molecule has 1 amide bonds. The Bertz CT molecular complexity index is 211. The number of carbonyl (C=O) groups is 1. The Hall–Kier alpha value is -0.300. The van der Waals surface area contributed by atoms with Crippen LogP contribution in [0.2, 0.25) is 0 Å². The average Bonchev–Trinajstić information content (AvgIpc) is 2.11. The summed E-state index contributed by atoms with van der Waals surface area (Å²) >= 11 is 3.22. The molecular formula is C9H15BrF3NO2. The lowest BCUT2D eigenvalue weighted by atomic mass is 10.2. The Kier molecular flexibility index (Phi) is 7.74. The van der Waals surface area contributed by atoms with Gasteiger partial charge in [0.15, 0.2) is 0 Å². The van der Waals surface area contributed by atoms with E-state index in [9.17, 15) is 18.0 Å². The molecule has 0 aromatic heterocycles. The molecule has 0 aromatic carbocycles. The highest BCUT2D eigenvalue weighted by atomic mass is 79.9. The lowest BCUT2D eigenvalue weighted by Crippen LogP contribution is -2.33. The van der Waals surface area contributed by atoms with Crippen molar-refractivity contribution in [2.24, 2.45) is 0 Å². The standard InChI is InChI=1S/C9H15BrF3NO2/c1-7(2-4-10)14-8(15)3-5-16-6-9(11,12)13/h7H,2-6H2,1H3,(H,14,15). The van der Waals surface area contributed by atoms with Crippen molar-refractivity contribution >= 4 is 21.8 Å². The maximum Gasteiger partial charge on any atom is 0.411 e. The fourth-order valence-corrected chi connectivity index (χ4v) is 1.62. The highest BCUT2D eigenvalue weighted by molar-refractivity contribution is 9.09. The number of hydrogen-bond acceptors (Lipinski definition) is 2. The molecule has 1 atom stereocenters.